The van der Waals surface area contributed by atoms with Gasteiger partial charge in [0, 0.05) is 18.8 Å². The van der Waals surface area contributed by atoms with Gasteiger partial charge in [-0.1, -0.05) is 50.3 Å². The van der Waals surface area contributed by atoms with E-state index >= 15 is 0 Å². The number of hydrogen-bond donors (Lipinski definition) is 4. The minimum Gasteiger partial charge on any atom is -0.453 e. The molecular weight excluding hydrogens is 770 g/mol. The van der Waals surface area contributed by atoms with E-state index in [0.717, 1.165) is 58.9 Å². The second-order valence-corrected chi connectivity index (χ2v) is 16.0. The third-order valence-electron chi connectivity index (χ3n) is 11.6. The third-order valence-corrected chi connectivity index (χ3v) is 11.6. The standard InChI is InChI=1S/C42H49F3N8O6/c1-23(2)34(50-40(57)59-5)38(55)53-19-6-8-31(53)35-46-28-15-14-26(20-29(28)47-35)24-10-12-25(13-11-24)27-16-17-41(3)33(21-27)49-36(51-41)32-9-7-18-52(32)37(54)30(22-42(43,44)45)48-39(56)58-4/h10-16,20-21,23,30-32,34H,6-9,17-19,22H2,1-5H3,(H,46,47)(H,48,56)(H,49,51)(H,50,57)/t30-,31-,32-,34-,41?/m0/s1. The third kappa shape index (κ3) is 8.64. The van der Waals surface area contributed by atoms with Crippen LogP contribution >= 0.6 is 0 Å². The quantitative estimate of drug-likeness (QED) is 0.183. The van der Waals surface area contributed by atoms with Crippen molar-refractivity contribution < 1.29 is 41.8 Å². The van der Waals surface area contributed by atoms with Crippen molar-refractivity contribution in [1.29, 1.82) is 0 Å². The molecule has 1 aromatic heterocycles. The summed E-state index contributed by atoms with van der Waals surface area (Å²) >= 11 is 0. The van der Waals surface area contributed by atoms with Gasteiger partial charge in [-0.2, -0.15) is 13.2 Å². The Kier molecular flexibility index (Phi) is 11.5. The van der Waals surface area contributed by atoms with Crippen LogP contribution in [0, 0.1) is 5.92 Å². The smallest absolute Gasteiger partial charge is 0.407 e. The zero-order chi connectivity index (χ0) is 42.2. The Balaban J connectivity index is 1.03. The minimum absolute atomic E-state index is 0.135. The molecule has 2 saturated heterocycles. The summed E-state index contributed by atoms with van der Waals surface area (Å²) in [6, 6.07) is 10.8. The lowest BCUT2D eigenvalue weighted by atomic mass is 9.86. The van der Waals surface area contributed by atoms with E-state index in [-0.39, 0.29) is 24.4 Å². The number of carbonyl (C=O) groups is 4. The molecule has 314 valence electrons. The Morgan fingerprint density at radius 3 is 2.19 bits per heavy atom. The van der Waals surface area contributed by atoms with E-state index in [1.807, 2.05) is 69.3 Å². The van der Waals surface area contributed by atoms with Crippen LogP contribution in [-0.2, 0) is 19.1 Å². The van der Waals surface area contributed by atoms with E-state index in [2.05, 4.69) is 31.7 Å². The normalized spacial score (nSPS) is 22.6. The largest absolute Gasteiger partial charge is 0.453 e. The van der Waals surface area contributed by atoms with E-state index in [4.69, 9.17) is 14.7 Å². The molecule has 2 aromatic carbocycles. The maximum absolute atomic E-state index is 13.6. The molecule has 4 amide bonds. The number of amides is 4. The Bertz CT molecular complexity index is 2220. The number of likely N-dealkylation sites (tertiary alicyclic amines) is 2. The van der Waals surface area contributed by atoms with Crippen LogP contribution in [0.5, 0.6) is 0 Å². The lowest BCUT2D eigenvalue weighted by Gasteiger charge is -2.29. The van der Waals surface area contributed by atoms with Gasteiger partial charge in [0.15, 0.2) is 0 Å². The van der Waals surface area contributed by atoms with Crippen LogP contribution in [0.25, 0.3) is 27.7 Å². The first-order valence-electron chi connectivity index (χ1n) is 19.8. The Labute approximate surface area is 339 Å². The van der Waals surface area contributed by atoms with Crippen LogP contribution in [-0.4, -0.2) is 107 Å². The number of amidine groups is 1. The fourth-order valence-electron chi connectivity index (χ4n) is 8.42. The number of halogens is 3. The first kappa shape index (κ1) is 41.3. The second kappa shape index (κ2) is 16.4. The predicted molar refractivity (Wildman–Crippen MR) is 214 cm³/mol. The van der Waals surface area contributed by atoms with Crippen molar-refractivity contribution >= 4 is 46.4 Å². The number of H-pyrrole nitrogens is 1. The van der Waals surface area contributed by atoms with Gasteiger partial charge in [0.1, 0.15) is 29.3 Å². The van der Waals surface area contributed by atoms with Crippen molar-refractivity contribution in [2.45, 2.75) is 95.2 Å². The maximum Gasteiger partial charge on any atom is 0.407 e. The number of benzene rings is 2. The fraction of sp³-hybridized carbons (Fsp3) is 0.476. The summed E-state index contributed by atoms with van der Waals surface area (Å²) in [6.07, 6.45) is -0.615. The van der Waals surface area contributed by atoms with Gasteiger partial charge in [-0.05, 0) is 85.4 Å². The number of alkyl halides is 3. The van der Waals surface area contributed by atoms with Crippen LogP contribution in [0.2, 0.25) is 0 Å². The number of imidazole rings is 1. The molecule has 1 aliphatic carbocycles. The number of fused-ring (bicyclic) bond motifs is 2. The van der Waals surface area contributed by atoms with Gasteiger partial charge in [0.25, 0.3) is 0 Å². The molecule has 3 aromatic rings. The van der Waals surface area contributed by atoms with Crippen LogP contribution in [0.4, 0.5) is 22.8 Å². The van der Waals surface area contributed by atoms with Crippen LogP contribution < -0.4 is 16.0 Å². The molecule has 4 aliphatic rings. The minimum atomic E-state index is -4.68. The molecule has 0 radical (unpaired) electrons. The van der Waals surface area contributed by atoms with Gasteiger partial charge in [-0.25, -0.2) is 14.6 Å². The highest BCUT2D eigenvalue weighted by Gasteiger charge is 2.45. The van der Waals surface area contributed by atoms with E-state index in [1.54, 1.807) is 4.90 Å². The fourth-order valence-corrected chi connectivity index (χ4v) is 8.42. The molecule has 0 saturated carbocycles. The van der Waals surface area contributed by atoms with Gasteiger partial charge < -0.3 is 40.2 Å². The topological polar surface area (TPSA) is 170 Å². The van der Waals surface area contributed by atoms with E-state index in [9.17, 15) is 32.3 Å². The summed E-state index contributed by atoms with van der Waals surface area (Å²) in [5, 5.41) is 8.14. The number of aromatic nitrogens is 2. The molecule has 17 heteroatoms. The Morgan fingerprint density at radius 2 is 1.53 bits per heavy atom. The summed E-state index contributed by atoms with van der Waals surface area (Å²) in [5.74, 6) is 0.0737. The summed E-state index contributed by atoms with van der Waals surface area (Å²) in [6.45, 7) is 6.54. The highest BCUT2D eigenvalue weighted by atomic mass is 19.4. The lowest BCUT2D eigenvalue weighted by Crippen LogP contribution is -2.54. The number of hydrogen-bond acceptors (Lipinski definition) is 9. The lowest BCUT2D eigenvalue weighted by molar-refractivity contribution is -0.154. The number of alkyl carbamates (subject to hydrolysis) is 2. The van der Waals surface area contributed by atoms with Crippen molar-refractivity contribution in [1.82, 2.24) is 35.7 Å². The van der Waals surface area contributed by atoms with E-state index in [1.165, 1.54) is 12.0 Å². The van der Waals surface area contributed by atoms with Crippen LogP contribution in [0.15, 0.2) is 65.3 Å². The van der Waals surface area contributed by atoms with Crippen LogP contribution in [0.1, 0.15) is 76.7 Å². The zero-order valence-electron chi connectivity index (χ0n) is 33.6. The number of nitrogens with one attached hydrogen (secondary N) is 4. The highest BCUT2D eigenvalue weighted by Crippen LogP contribution is 2.39. The SMILES string of the molecule is COC(=O)N[C@@H](CC(F)(F)F)C(=O)N1CCC[C@H]1C1=NC2(C)CC=C(c3ccc(-c4ccc5nc([C@@H]6CCCN6C(=O)[C@@H](NC(=O)OC)C(C)C)[nH]c5c4)cc3)C=C2N1. The monoisotopic (exact) mass is 818 g/mol. The first-order valence-corrected chi connectivity index (χ1v) is 19.8. The molecule has 4 heterocycles. The number of ether oxygens (including phenoxy) is 2. The molecule has 14 nitrogen and oxygen atoms in total. The molecule has 5 atom stereocenters. The molecule has 7 rings (SSSR count). The summed E-state index contributed by atoms with van der Waals surface area (Å²) in [7, 11) is 2.30. The first-order chi connectivity index (χ1) is 28.1. The molecular formula is C42H49F3N8O6. The zero-order valence-corrected chi connectivity index (χ0v) is 33.6. The van der Waals surface area contributed by atoms with Gasteiger partial charge in [-0.15, -0.1) is 0 Å². The molecule has 59 heavy (non-hydrogen) atoms. The number of nitrogens with zero attached hydrogens (tertiary/aromatic N) is 4. The predicted octanol–water partition coefficient (Wildman–Crippen LogP) is 6.37. The number of methoxy groups -OCH3 is 2. The van der Waals surface area contributed by atoms with Crippen molar-refractivity contribution in [2.24, 2.45) is 10.9 Å². The Hall–Kier alpha value is -5.87. The average Bonchev–Trinajstić information content (AvgIpc) is 4.03. The maximum atomic E-state index is 13.6. The van der Waals surface area contributed by atoms with E-state index < -0.39 is 54.4 Å². The summed E-state index contributed by atoms with van der Waals surface area (Å²) < 4.78 is 49.5. The molecule has 2 fully saturated rings. The number of allylic oxidation sites excluding steroid dienone is 2. The molecule has 0 spiro atoms. The molecule has 1 unspecified atom stereocenters. The Morgan fingerprint density at radius 1 is 0.898 bits per heavy atom. The second-order valence-electron chi connectivity index (χ2n) is 16.0. The van der Waals surface area contributed by atoms with Gasteiger partial charge in [0.05, 0.1) is 43.8 Å². The van der Waals surface area contributed by atoms with E-state index in [0.29, 0.717) is 37.5 Å². The van der Waals surface area contributed by atoms with Gasteiger partial charge in [-0.3, -0.25) is 14.6 Å². The van der Waals surface area contributed by atoms with Crippen molar-refractivity contribution in [2.75, 3.05) is 27.3 Å². The number of carbonyl (C=O) groups excluding carboxylic acids is 4. The number of rotatable bonds is 10. The number of aromatic amines is 1. The van der Waals surface area contributed by atoms with Crippen molar-refractivity contribution in [3.63, 3.8) is 0 Å². The molecule has 0 bridgehead atoms. The summed E-state index contributed by atoms with van der Waals surface area (Å²) in [4.78, 5) is 67.3. The van der Waals surface area contributed by atoms with Crippen molar-refractivity contribution in [3.05, 3.63) is 71.7 Å². The average molecular weight is 819 g/mol. The van der Waals surface area contributed by atoms with Gasteiger partial charge >= 0.3 is 18.4 Å². The number of aliphatic imine (C=N–C) groups is 1. The molecule has 4 N–H and O–H groups in total. The molecule has 3 aliphatic heterocycles. The van der Waals surface area contributed by atoms with Gasteiger partial charge in [0.2, 0.25) is 11.8 Å². The summed E-state index contributed by atoms with van der Waals surface area (Å²) in [5.41, 5.74) is 5.75. The van der Waals surface area contributed by atoms with Crippen LogP contribution in [0.3, 0.4) is 0 Å². The van der Waals surface area contributed by atoms with Crippen molar-refractivity contribution in [3.8, 4) is 11.1 Å². The highest BCUT2D eigenvalue weighted by molar-refractivity contribution is 5.98.